The molecule has 0 amide bonds. The van der Waals surface area contributed by atoms with Gasteiger partial charge < -0.3 is 24.8 Å². The van der Waals surface area contributed by atoms with E-state index in [2.05, 4.69) is 160 Å². The zero-order chi connectivity index (χ0) is 32.2. The smallest absolute Gasteiger partial charge is 1.00 e. The van der Waals surface area contributed by atoms with Gasteiger partial charge >= 0.3 is 26.2 Å². The van der Waals surface area contributed by atoms with Crippen molar-refractivity contribution in [3.63, 3.8) is 0 Å². The number of allylic oxidation sites excluding steroid dienone is 1. The topological polar surface area (TPSA) is 0 Å². The third-order valence-corrected chi connectivity index (χ3v) is 14.5. The predicted octanol–water partition coefficient (Wildman–Crippen LogP) is 5.12. The fraction of sp³-hybridized carbons (Fsp3) is 0.341. The van der Waals surface area contributed by atoms with Crippen LogP contribution in [0.25, 0.3) is 39.1 Å². The Bertz CT molecular complexity index is 2010. The third-order valence-electron chi connectivity index (χ3n) is 10.8. The van der Waals surface area contributed by atoms with Crippen molar-refractivity contribution >= 4 is 35.3 Å². The van der Waals surface area contributed by atoms with Gasteiger partial charge in [0.05, 0.1) is 8.07 Å². The summed E-state index contributed by atoms with van der Waals surface area (Å²) in [5, 5.41) is 6.29. The Hall–Kier alpha value is -2.09. The molecule has 0 saturated heterocycles. The van der Waals surface area contributed by atoms with E-state index in [0.29, 0.717) is 5.92 Å². The molecule has 247 valence electrons. The first kappa shape index (κ1) is 38.7. The largest absolute Gasteiger partial charge is 3.00 e. The summed E-state index contributed by atoms with van der Waals surface area (Å²) in [6.07, 6.45) is 2.55. The molecule has 2 aliphatic rings. The quantitative estimate of drug-likeness (QED) is 0.176. The Labute approximate surface area is 322 Å². The molecular formula is C44H49Cl2SiZr. The van der Waals surface area contributed by atoms with Crippen LogP contribution in [0.4, 0.5) is 0 Å². The van der Waals surface area contributed by atoms with Crippen LogP contribution in [0.15, 0.2) is 84.4 Å². The van der Waals surface area contributed by atoms with Crippen molar-refractivity contribution in [3.05, 3.63) is 118 Å². The number of aryl methyl sites for hydroxylation is 1. The molecule has 0 aromatic heterocycles. The molecule has 7 rings (SSSR count). The molecule has 0 spiro atoms. The maximum atomic E-state index is 2.61. The van der Waals surface area contributed by atoms with Crippen molar-refractivity contribution in [1.82, 2.24) is 0 Å². The monoisotopic (exact) mass is 765 g/mol. The number of fused-ring (bicyclic) bond motifs is 2. The number of benzene rings is 4. The molecule has 1 atom stereocenters. The molecule has 5 aromatic rings. The first-order valence-electron chi connectivity index (χ1n) is 16.9. The van der Waals surface area contributed by atoms with Crippen LogP contribution in [0.3, 0.4) is 0 Å². The number of halogens is 2. The molecule has 0 N–H and O–H groups in total. The van der Waals surface area contributed by atoms with Crippen LogP contribution in [-0.4, -0.2) is 8.07 Å². The van der Waals surface area contributed by atoms with Gasteiger partial charge in [-0.15, -0.1) is 33.7 Å². The van der Waals surface area contributed by atoms with Gasteiger partial charge in [0.25, 0.3) is 0 Å². The molecular weight excluding hydrogens is 719 g/mol. The van der Waals surface area contributed by atoms with Crippen molar-refractivity contribution in [3.8, 4) is 22.3 Å². The van der Waals surface area contributed by atoms with Gasteiger partial charge in [0.2, 0.25) is 0 Å². The van der Waals surface area contributed by atoms with E-state index in [-0.39, 0.29) is 67.8 Å². The van der Waals surface area contributed by atoms with E-state index in [1.807, 2.05) is 0 Å². The summed E-state index contributed by atoms with van der Waals surface area (Å²) in [4.78, 5) is 0. The Morgan fingerprint density at radius 3 is 1.77 bits per heavy atom. The Morgan fingerprint density at radius 2 is 1.25 bits per heavy atom. The fourth-order valence-electron chi connectivity index (χ4n) is 8.54. The van der Waals surface area contributed by atoms with Gasteiger partial charge in [0.1, 0.15) is 0 Å². The molecule has 1 unspecified atom stereocenters. The Morgan fingerprint density at radius 1 is 0.708 bits per heavy atom. The van der Waals surface area contributed by atoms with Crippen molar-refractivity contribution in [2.24, 2.45) is 5.92 Å². The van der Waals surface area contributed by atoms with Gasteiger partial charge in [-0.2, -0.15) is 0 Å². The van der Waals surface area contributed by atoms with Crippen molar-refractivity contribution in [2.45, 2.75) is 92.2 Å². The Balaban J connectivity index is 0.00000173. The van der Waals surface area contributed by atoms with Gasteiger partial charge in [0.15, 0.2) is 0 Å². The molecule has 1 aliphatic carbocycles. The zero-order valence-electron chi connectivity index (χ0n) is 30.5. The second kappa shape index (κ2) is 13.2. The van der Waals surface area contributed by atoms with Crippen LogP contribution in [-0.2, 0) is 37.0 Å². The summed E-state index contributed by atoms with van der Waals surface area (Å²) in [5.74, 6) is 0.736. The maximum Gasteiger partial charge on any atom is 3.00 e. The molecule has 0 nitrogen and oxygen atoms in total. The van der Waals surface area contributed by atoms with E-state index in [9.17, 15) is 0 Å². The molecule has 1 heterocycles. The minimum atomic E-state index is -1.96. The van der Waals surface area contributed by atoms with E-state index >= 15 is 0 Å². The van der Waals surface area contributed by atoms with Gasteiger partial charge in [0, 0.05) is 5.92 Å². The molecule has 4 heteroatoms. The summed E-state index contributed by atoms with van der Waals surface area (Å²) in [6.45, 7) is 26.1. The van der Waals surface area contributed by atoms with Gasteiger partial charge in [-0.05, 0) is 55.7 Å². The van der Waals surface area contributed by atoms with Crippen LogP contribution in [0.5, 0.6) is 0 Å². The SMILES string of the molecule is Cc1[cH-]c2cc(C3C(C(C)C)=Cc4c(-c5ccc(C(C)(C)C)cc5)cccc43)c3c(-c4ccc(C(C)(C)C)cc4)c2c1[Si]3(C)C.[Cl-].[Cl-].[Zr+3]. The van der Waals surface area contributed by atoms with Crippen LogP contribution in [0, 0.1) is 12.8 Å². The average molecular weight is 768 g/mol. The predicted molar refractivity (Wildman–Crippen MR) is 200 cm³/mol. The first-order valence-corrected chi connectivity index (χ1v) is 19.9. The van der Waals surface area contributed by atoms with Gasteiger partial charge in [-0.25, -0.2) is 0 Å². The third kappa shape index (κ3) is 6.02. The first-order chi connectivity index (χ1) is 21.1. The van der Waals surface area contributed by atoms with E-state index in [1.54, 1.807) is 21.5 Å². The second-order valence-corrected chi connectivity index (χ2v) is 21.0. The van der Waals surface area contributed by atoms with Gasteiger partial charge in [-0.1, -0.05) is 170 Å². The van der Waals surface area contributed by atoms with Crippen LogP contribution >= 0.6 is 0 Å². The molecule has 1 radical (unpaired) electrons. The molecule has 0 saturated carbocycles. The summed E-state index contributed by atoms with van der Waals surface area (Å²) in [7, 11) is -1.96. The molecule has 5 aromatic carbocycles. The number of hydrogen-bond acceptors (Lipinski definition) is 0. The van der Waals surface area contributed by atoms with E-state index < -0.39 is 8.07 Å². The molecule has 0 fully saturated rings. The minimum absolute atomic E-state index is 0. The number of rotatable bonds is 4. The van der Waals surface area contributed by atoms with Crippen molar-refractivity contribution in [2.75, 3.05) is 0 Å². The number of hydrogen-bond donors (Lipinski definition) is 0. The standard InChI is InChI=1S/C44H49Si.2ClH.Zr/c1-26(2)35-25-36-33(28-15-19-31(20-16-28)43(4,5)6)13-12-14-34(36)40(35)37-24-30-23-27(3)41-39(30)38(42(37)45(41,10)11)29-17-21-32(22-18-29)44(7,8)9;;;/h12-26,40H,1-11H3;2*1H;/q-1;;;+3/p-2. The molecule has 2 bridgehead atoms. The van der Waals surface area contributed by atoms with Gasteiger partial charge in [-0.3, -0.25) is 0 Å². The summed E-state index contributed by atoms with van der Waals surface area (Å²) in [5.41, 5.74) is 16.1. The summed E-state index contributed by atoms with van der Waals surface area (Å²) < 4.78 is 0. The fourth-order valence-corrected chi connectivity index (χ4v) is 12.6. The van der Waals surface area contributed by atoms with Crippen LogP contribution < -0.4 is 35.2 Å². The minimum Gasteiger partial charge on any atom is -1.00 e. The van der Waals surface area contributed by atoms with E-state index in [4.69, 9.17) is 0 Å². The van der Waals surface area contributed by atoms with Crippen molar-refractivity contribution in [1.29, 1.82) is 0 Å². The molecule has 1 aliphatic heterocycles. The Kier molecular flexibility index (Phi) is 10.7. The van der Waals surface area contributed by atoms with Crippen LogP contribution in [0.2, 0.25) is 13.1 Å². The second-order valence-electron chi connectivity index (χ2n) is 16.7. The van der Waals surface area contributed by atoms with E-state index in [1.165, 1.54) is 60.8 Å². The normalized spacial score (nSPS) is 16.0. The van der Waals surface area contributed by atoms with Crippen molar-refractivity contribution < 1.29 is 51.0 Å². The van der Waals surface area contributed by atoms with E-state index in [0.717, 1.165) is 0 Å². The summed E-state index contributed by atoms with van der Waals surface area (Å²) in [6, 6.07) is 31.0. The average Bonchev–Trinajstić information content (AvgIpc) is 3.58. The van der Waals surface area contributed by atoms with Crippen LogP contribution in [0.1, 0.15) is 94.7 Å². The maximum absolute atomic E-state index is 2.61. The summed E-state index contributed by atoms with van der Waals surface area (Å²) >= 11 is 0. The molecule has 48 heavy (non-hydrogen) atoms. The zero-order valence-corrected chi connectivity index (χ0v) is 35.5.